The minimum atomic E-state index is -4.34. The summed E-state index contributed by atoms with van der Waals surface area (Å²) >= 11 is 0. The zero-order chi connectivity index (χ0) is 22.5. The molecule has 0 aliphatic heterocycles. The molecule has 0 spiro atoms. The van der Waals surface area contributed by atoms with E-state index in [2.05, 4.69) is 0 Å². The van der Waals surface area contributed by atoms with Gasteiger partial charge in [0.25, 0.3) is 0 Å². The minimum Gasteiger partial charge on any atom is -0.386 e. The van der Waals surface area contributed by atoms with Crippen LogP contribution in [0.1, 0.15) is 33.1 Å². The van der Waals surface area contributed by atoms with Crippen LogP contribution < -0.4 is 0 Å². The van der Waals surface area contributed by atoms with Gasteiger partial charge in [0.05, 0.1) is 0 Å². The molecule has 0 saturated heterocycles. The SMILES string of the molecule is [2H]CC(=O)C(O)[C@@H](O)[C@](O)(C(=O)C[2H])[C@@](O)(C(=O)C[2H])[C@@](O)(C=O)C(=O)C[2H]. The van der Waals surface area contributed by atoms with E-state index in [1.165, 1.54) is 0 Å². The maximum Gasteiger partial charge on any atom is 0.217 e. The van der Waals surface area contributed by atoms with Gasteiger partial charge in [0.2, 0.25) is 11.2 Å². The Labute approximate surface area is 142 Å². The largest absolute Gasteiger partial charge is 0.386 e. The van der Waals surface area contributed by atoms with Gasteiger partial charge in [0.15, 0.2) is 35.0 Å². The fourth-order valence-corrected chi connectivity index (χ4v) is 2.05. The van der Waals surface area contributed by atoms with Crippen molar-refractivity contribution < 1.29 is 55.0 Å². The van der Waals surface area contributed by atoms with E-state index in [-0.39, 0.29) is 0 Å². The maximum absolute atomic E-state index is 12.2. The highest BCUT2D eigenvalue weighted by Crippen LogP contribution is 2.38. The molecule has 0 radical (unpaired) electrons. The second kappa shape index (κ2) is 6.95. The number of ketones is 4. The number of Topliss-reactive ketones (excluding diaryl/α,β-unsaturated/α-hetero) is 4. The number of aldehydes is 1. The molecule has 0 rings (SSSR count). The lowest BCUT2D eigenvalue weighted by Gasteiger charge is -2.48. The van der Waals surface area contributed by atoms with Gasteiger partial charge in [-0.05, 0) is 27.6 Å². The number of hydrogen-bond donors (Lipinski definition) is 5. The van der Waals surface area contributed by atoms with Gasteiger partial charge in [-0.2, -0.15) is 0 Å². The Morgan fingerprint density at radius 1 is 0.917 bits per heavy atom. The first-order chi connectivity index (χ1) is 12.8. The molecule has 0 aromatic heterocycles. The zero-order valence-corrected chi connectivity index (χ0v) is 12.3. The summed E-state index contributed by atoms with van der Waals surface area (Å²) in [7, 11) is 0. The van der Waals surface area contributed by atoms with Crippen LogP contribution in [0.4, 0.5) is 0 Å². The third-order valence-corrected chi connectivity index (χ3v) is 3.58. The van der Waals surface area contributed by atoms with E-state index in [1.54, 1.807) is 0 Å². The van der Waals surface area contributed by atoms with E-state index in [0.717, 1.165) is 0 Å². The monoisotopic (exact) mass is 352 g/mol. The maximum atomic E-state index is 12.2. The molecule has 24 heavy (non-hydrogen) atoms. The second-order valence-corrected chi connectivity index (χ2v) is 4.99. The summed E-state index contributed by atoms with van der Waals surface area (Å²) in [6.07, 6.45) is -6.84. The molecular weight excluding hydrogens is 328 g/mol. The highest BCUT2D eigenvalue weighted by Gasteiger charge is 2.73. The topological polar surface area (TPSA) is 186 Å². The average molecular weight is 352 g/mol. The summed E-state index contributed by atoms with van der Waals surface area (Å²) < 4.78 is 27.9. The predicted octanol–water partition coefficient (Wildman–Crippen LogP) is -3.54. The molecule has 0 fully saturated rings. The lowest BCUT2D eigenvalue weighted by Crippen LogP contribution is -2.80. The Balaban J connectivity index is 7.17. The molecule has 1 unspecified atom stereocenters. The van der Waals surface area contributed by atoms with Crippen molar-refractivity contribution in [3.63, 3.8) is 0 Å². The molecule has 5 atom stereocenters. The molecule has 0 aliphatic rings. The van der Waals surface area contributed by atoms with Crippen molar-refractivity contribution in [2.45, 2.75) is 56.6 Å². The molecule has 5 N–H and O–H groups in total. The summed E-state index contributed by atoms with van der Waals surface area (Å²) in [5.74, 6) is -7.56. The molecule has 0 heterocycles. The van der Waals surface area contributed by atoms with Crippen LogP contribution in [0.25, 0.3) is 0 Å². The molecule has 10 nitrogen and oxygen atoms in total. The minimum absolute atomic E-state index is 0.814. The van der Waals surface area contributed by atoms with Crippen LogP contribution in [-0.4, -0.2) is 84.0 Å². The van der Waals surface area contributed by atoms with E-state index >= 15 is 0 Å². The van der Waals surface area contributed by atoms with Crippen molar-refractivity contribution in [1.82, 2.24) is 0 Å². The number of carbonyl (C=O) groups is 5. The lowest BCUT2D eigenvalue weighted by atomic mass is 9.62. The normalized spacial score (nSPS) is 23.5. The van der Waals surface area contributed by atoms with Crippen LogP contribution in [0, 0.1) is 0 Å². The molecule has 136 valence electrons. The predicted molar refractivity (Wildman–Crippen MR) is 75.7 cm³/mol. The van der Waals surface area contributed by atoms with E-state index in [1.807, 2.05) is 0 Å². The Morgan fingerprint density at radius 3 is 1.79 bits per heavy atom. The van der Waals surface area contributed by atoms with Crippen LogP contribution in [0.2, 0.25) is 0 Å². The average Bonchev–Trinajstić information content (AvgIpc) is 2.73. The Kier molecular flexibility index (Phi) is 4.54. The Hall–Kier alpha value is -1.85. The van der Waals surface area contributed by atoms with Gasteiger partial charge < -0.3 is 25.5 Å². The van der Waals surface area contributed by atoms with E-state index in [9.17, 15) is 49.5 Å². The fourth-order valence-electron chi connectivity index (χ4n) is 2.05. The molecule has 0 amide bonds. The molecule has 0 aliphatic carbocycles. The number of aliphatic hydroxyl groups excluding tert-OH is 2. The number of aliphatic hydroxyl groups is 5. The van der Waals surface area contributed by atoms with E-state index in [4.69, 9.17) is 5.48 Å². The van der Waals surface area contributed by atoms with Crippen LogP contribution in [0.15, 0.2) is 0 Å². The van der Waals surface area contributed by atoms with Gasteiger partial charge in [-0.25, -0.2) is 0 Å². The van der Waals surface area contributed by atoms with Gasteiger partial charge in [0, 0.05) is 5.48 Å². The van der Waals surface area contributed by atoms with Crippen LogP contribution in [-0.2, 0) is 24.0 Å². The summed E-state index contributed by atoms with van der Waals surface area (Å²) in [5.41, 5.74) is -12.6. The molecular formula is C14H20O10. The number of rotatable bonds is 9. The van der Waals surface area contributed by atoms with Crippen molar-refractivity contribution in [2.24, 2.45) is 0 Å². The molecule has 0 aromatic carbocycles. The van der Waals surface area contributed by atoms with Crippen molar-refractivity contribution in [1.29, 1.82) is 0 Å². The molecule has 0 bridgehead atoms. The zero-order valence-electron chi connectivity index (χ0n) is 16.3. The first-order valence-corrected chi connectivity index (χ1v) is 6.10. The number of hydrogen-bond acceptors (Lipinski definition) is 10. The fraction of sp³-hybridized carbons (Fsp3) is 0.643. The van der Waals surface area contributed by atoms with Crippen molar-refractivity contribution >= 4 is 29.4 Å². The first kappa shape index (κ1) is 15.7. The van der Waals surface area contributed by atoms with Crippen LogP contribution in [0.3, 0.4) is 0 Å². The van der Waals surface area contributed by atoms with Crippen molar-refractivity contribution in [2.75, 3.05) is 0 Å². The second-order valence-electron chi connectivity index (χ2n) is 4.99. The van der Waals surface area contributed by atoms with E-state index in [0.29, 0.717) is 0 Å². The third kappa shape index (κ3) is 2.82. The smallest absolute Gasteiger partial charge is 0.217 e. The Morgan fingerprint density at radius 2 is 1.42 bits per heavy atom. The first-order valence-electron chi connectivity index (χ1n) is 8.93. The van der Waals surface area contributed by atoms with Crippen LogP contribution >= 0.6 is 0 Å². The summed E-state index contributed by atoms with van der Waals surface area (Å²) in [5, 5.41) is 51.7. The van der Waals surface area contributed by atoms with Crippen molar-refractivity contribution in [3.05, 3.63) is 0 Å². The lowest BCUT2D eigenvalue weighted by molar-refractivity contribution is -0.248. The summed E-state index contributed by atoms with van der Waals surface area (Å²) in [4.78, 5) is 59.2. The van der Waals surface area contributed by atoms with Gasteiger partial charge in [-0.1, -0.05) is 0 Å². The molecule has 10 heteroatoms. The van der Waals surface area contributed by atoms with Crippen LogP contribution in [0.5, 0.6) is 0 Å². The van der Waals surface area contributed by atoms with E-state index < -0.39 is 86.0 Å². The summed E-state index contributed by atoms with van der Waals surface area (Å²) in [6, 6.07) is 0. The molecule has 0 saturated carbocycles. The highest BCUT2D eigenvalue weighted by atomic mass is 16.4. The highest BCUT2D eigenvalue weighted by molar-refractivity contribution is 6.12. The van der Waals surface area contributed by atoms with Gasteiger partial charge in [-0.3, -0.25) is 24.0 Å². The quantitative estimate of drug-likeness (QED) is 0.205. The third-order valence-electron chi connectivity index (χ3n) is 3.58. The molecule has 0 aromatic rings. The standard InChI is InChI=1S/C14H20O10/c1-6(16)10(20)11(21)13(23,8(3)18)14(24,9(4)19)12(22,5-15)7(2)17/h5,10-11,20-24H,1-4H3/t10?,11-,12-,13-,14-/m1/s1/i1D,2D,3D,4D. The summed E-state index contributed by atoms with van der Waals surface area (Å²) in [6.45, 7) is -5.82. The van der Waals surface area contributed by atoms with Gasteiger partial charge >= 0.3 is 0 Å². The van der Waals surface area contributed by atoms with Gasteiger partial charge in [-0.15, -0.1) is 0 Å². The van der Waals surface area contributed by atoms with Gasteiger partial charge in [0.1, 0.15) is 12.2 Å². The van der Waals surface area contributed by atoms with Crippen molar-refractivity contribution in [3.8, 4) is 0 Å². The number of carbonyl (C=O) groups excluding carboxylic acids is 5. The Bertz CT molecular complexity index is 658.